The number of imide groups is 1. The standard InChI is InChI=1S/C24H14IN3O4/c25-24(31)9-14-27-12-7-3-1-5-10(12)15-17-18(22(30)26-21(17)29)16-11-6-2-4-8-13(11)28(23(24)32-14)20(16)19(15)27/h1-8,14,23,31H,9H2,(H,26,29,30)/t14-,23+,24?/m0/s1. The van der Waals surface area contributed by atoms with Crippen molar-refractivity contribution < 1.29 is 19.4 Å². The number of hydrogen-bond donors (Lipinski definition) is 2. The Kier molecular flexibility index (Phi) is 2.93. The van der Waals surface area contributed by atoms with E-state index >= 15 is 0 Å². The fraction of sp³-hybridized carbons (Fsp3) is 0.167. The van der Waals surface area contributed by atoms with E-state index in [0.717, 1.165) is 43.6 Å². The number of carbonyl (C=O) groups is 2. The number of alkyl halides is 1. The van der Waals surface area contributed by atoms with Gasteiger partial charge < -0.3 is 19.0 Å². The Balaban J connectivity index is 1.80. The van der Waals surface area contributed by atoms with Crippen LogP contribution in [-0.2, 0) is 4.74 Å². The molecule has 32 heavy (non-hydrogen) atoms. The Morgan fingerprint density at radius 3 is 2.06 bits per heavy atom. The SMILES string of the molecule is O=C1NC(=O)c2c1c1c3ccccc3n3c1c1c2c2ccccc2n1[C@@H]1O[C@H]3CC1(O)I. The molecule has 3 aromatic carbocycles. The normalized spacial score (nSPS) is 26.1. The van der Waals surface area contributed by atoms with Crippen molar-refractivity contribution in [2.45, 2.75) is 22.5 Å². The average Bonchev–Trinajstić information content (AvgIpc) is 3.42. The van der Waals surface area contributed by atoms with Crippen molar-refractivity contribution in [2.24, 2.45) is 0 Å². The van der Waals surface area contributed by atoms with Gasteiger partial charge in [-0.2, -0.15) is 0 Å². The van der Waals surface area contributed by atoms with Gasteiger partial charge in [-0.25, -0.2) is 0 Å². The predicted octanol–water partition coefficient (Wildman–Crippen LogP) is 4.34. The number of amides is 2. The second-order valence-corrected chi connectivity index (χ2v) is 10.6. The molecule has 2 aromatic heterocycles. The molecule has 5 heterocycles. The molecule has 7 nitrogen and oxygen atoms in total. The summed E-state index contributed by atoms with van der Waals surface area (Å²) in [6.45, 7) is 0. The topological polar surface area (TPSA) is 85.5 Å². The molecule has 3 atom stereocenters. The van der Waals surface area contributed by atoms with Crippen molar-refractivity contribution in [3.8, 4) is 0 Å². The zero-order valence-corrected chi connectivity index (χ0v) is 18.6. The third-order valence-electron chi connectivity index (χ3n) is 7.12. The molecule has 3 aliphatic rings. The van der Waals surface area contributed by atoms with Crippen LogP contribution in [0.1, 0.15) is 39.6 Å². The number of ether oxygens (including phenoxy) is 1. The van der Waals surface area contributed by atoms with Crippen molar-refractivity contribution in [3.05, 3.63) is 59.7 Å². The van der Waals surface area contributed by atoms with Crippen LogP contribution in [0.3, 0.4) is 0 Å². The fourth-order valence-corrected chi connectivity index (χ4v) is 6.83. The number of carbonyl (C=O) groups excluding carboxylic acids is 2. The van der Waals surface area contributed by atoms with Crippen LogP contribution in [0.25, 0.3) is 43.6 Å². The molecule has 0 saturated carbocycles. The van der Waals surface area contributed by atoms with Crippen LogP contribution >= 0.6 is 22.6 Å². The molecule has 0 radical (unpaired) electrons. The van der Waals surface area contributed by atoms with Gasteiger partial charge in [0.15, 0.2) is 9.84 Å². The van der Waals surface area contributed by atoms with E-state index in [2.05, 4.69) is 32.5 Å². The van der Waals surface area contributed by atoms with E-state index in [1.54, 1.807) is 0 Å². The third kappa shape index (κ3) is 1.76. The smallest absolute Gasteiger partial charge is 0.259 e. The summed E-state index contributed by atoms with van der Waals surface area (Å²) in [5.74, 6) is -0.751. The van der Waals surface area contributed by atoms with Crippen molar-refractivity contribution >= 4 is 78.0 Å². The Labute approximate surface area is 193 Å². The van der Waals surface area contributed by atoms with Crippen LogP contribution in [0.5, 0.6) is 0 Å². The highest BCUT2D eigenvalue weighted by Crippen LogP contribution is 2.56. The van der Waals surface area contributed by atoms with E-state index < -0.39 is 16.1 Å². The van der Waals surface area contributed by atoms with E-state index in [9.17, 15) is 14.7 Å². The van der Waals surface area contributed by atoms with E-state index in [1.165, 1.54) is 0 Å². The highest BCUT2D eigenvalue weighted by Gasteiger charge is 2.52. The molecular formula is C24H14IN3O4. The fourth-order valence-electron chi connectivity index (χ4n) is 6.03. The Bertz CT molecular complexity index is 1750. The van der Waals surface area contributed by atoms with E-state index in [0.29, 0.717) is 17.5 Å². The number of halogens is 1. The molecule has 0 spiro atoms. The monoisotopic (exact) mass is 535 g/mol. The number of fused-ring (bicyclic) bond motifs is 13. The first-order valence-electron chi connectivity index (χ1n) is 10.4. The van der Waals surface area contributed by atoms with Crippen LogP contribution in [0.2, 0.25) is 0 Å². The Hall–Kier alpha value is -2.95. The molecular weight excluding hydrogens is 521 g/mol. The summed E-state index contributed by atoms with van der Waals surface area (Å²) in [5, 5.41) is 17.2. The van der Waals surface area contributed by atoms with Gasteiger partial charge in [0.25, 0.3) is 11.8 Å². The van der Waals surface area contributed by atoms with Crippen molar-refractivity contribution in [1.29, 1.82) is 0 Å². The molecule has 8 rings (SSSR count). The van der Waals surface area contributed by atoms with Gasteiger partial charge in [-0.15, -0.1) is 0 Å². The second-order valence-electron chi connectivity index (χ2n) is 8.72. The third-order valence-corrected chi connectivity index (χ3v) is 8.10. The highest BCUT2D eigenvalue weighted by molar-refractivity contribution is 14.1. The van der Waals surface area contributed by atoms with Crippen molar-refractivity contribution in [1.82, 2.24) is 14.5 Å². The zero-order chi connectivity index (χ0) is 21.5. The van der Waals surface area contributed by atoms with Gasteiger partial charge in [-0.05, 0) is 34.7 Å². The van der Waals surface area contributed by atoms with E-state index in [-0.39, 0.29) is 11.8 Å². The summed E-state index contributed by atoms with van der Waals surface area (Å²) in [5.41, 5.74) is 4.32. The molecule has 156 valence electrons. The molecule has 3 aliphatic heterocycles. The van der Waals surface area contributed by atoms with Crippen LogP contribution in [0.4, 0.5) is 0 Å². The minimum Gasteiger partial charge on any atom is -0.375 e. The number of nitrogens with one attached hydrogen (secondary N) is 1. The Morgan fingerprint density at radius 2 is 1.44 bits per heavy atom. The number of para-hydroxylation sites is 2. The lowest BCUT2D eigenvalue weighted by molar-refractivity contribution is -0.0550. The summed E-state index contributed by atoms with van der Waals surface area (Å²) in [6, 6.07) is 15.7. The quantitative estimate of drug-likeness (QED) is 0.176. The van der Waals surface area contributed by atoms with Gasteiger partial charge in [0.1, 0.15) is 6.23 Å². The molecule has 8 heteroatoms. The van der Waals surface area contributed by atoms with E-state index in [1.807, 2.05) is 53.1 Å². The van der Waals surface area contributed by atoms with Crippen LogP contribution in [0.15, 0.2) is 48.5 Å². The zero-order valence-electron chi connectivity index (χ0n) is 16.4. The number of hydrogen-bond acceptors (Lipinski definition) is 4. The molecule has 0 aliphatic carbocycles. The van der Waals surface area contributed by atoms with Gasteiger partial charge in [0.2, 0.25) is 0 Å². The first-order chi connectivity index (χ1) is 15.5. The summed E-state index contributed by atoms with van der Waals surface area (Å²) in [7, 11) is 0. The summed E-state index contributed by atoms with van der Waals surface area (Å²) in [4.78, 5) is 26.2. The van der Waals surface area contributed by atoms with Crippen LogP contribution < -0.4 is 5.32 Å². The van der Waals surface area contributed by atoms with Gasteiger partial charge in [0.05, 0.1) is 33.2 Å². The molecule has 1 saturated heterocycles. The highest BCUT2D eigenvalue weighted by atomic mass is 127. The number of nitrogens with zero attached hydrogens (tertiary/aromatic N) is 2. The van der Waals surface area contributed by atoms with Gasteiger partial charge in [-0.3, -0.25) is 14.9 Å². The second kappa shape index (κ2) is 5.33. The predicted molar refractivity (Wildman–Crippen MR) is 127 cm³/mol. The number of rotatable bonds is 0. The van der Waals surface area contributed by atoms with Crippen molar-refractivity contribution in [3.63, 3.8) is 0 Å². The maximum Gasteiger partial charge on any atom is 0.259 e. The summed E-state index contributed by atoms with van der Waals surface area (Å²) < 4.78 is 9.50. The average molecular weight is 535 g/mol. The van der Waals surface area contributed by atoms with Gasteiger partial charge in [0, 0.05) is 28.0 Å². The maximum atomic E-state index is 13.1. The molecule has 2 amide bonds. The van der Waals surface area contributed by atoms with Gasteiger partial charge >= 0.3 is 0 Å². The molecule has 5 aromatic rings. The molecule has 2 bridgehead atoms. The minimum absolute atomic E-state index is 0.368. The lowest BCUT2D eigenvalue weighted by Gasteiger charge is -2.25. The lowest BCUT2D eigenvalue weighted by atomic mass is 9.96. The van der Waals surface area contributed by atoms with Gasteiger partial charge in [-0.1, -0.05) is 36.4 Å². The molecule has 2 N–H and O–H groups in total. The van der Waals surface area contributed by atoms with E-state index in [4.69, 9.17) is 4.74 Å². The largest absolute Gasteiger partial charge is 0.375 e. The number of benzene rings is 3. The Morgan fingerprint density at radius 1 is 0.906 bits per heavy atom. The maximum absolute atomic E-state index is 13.1. The first-order valence-corrected chi connectivity index (χ1v) is 11.5. The van der Waals surface area contributed by atoms with Crippen LogP contribution in [-0.4, -0.2) is 29.7 Å². The first kappa shape index (κ1) is 17.6. The molecule has 1 unspecified atom stereocenters. The minimum atomic E-state index is -1.14. The number of aromatic nitrogens is 2. The summed E-state index contributed by atoms with van der Waals surface area (Å²) >= 11 is 2.08. The van der Waals surface area contributed by atoms with Crippen molar-refractivity contribution in [2.75, 3.05) is 0 Å². The summed E-state index contributed by atoms with van der Waals surface area (Å²) in [6.07, 6.45) is -0.623. The van der Waals surface area contributed by atoms with Crippen LogP contribution in [0, 0.1) is 0 Å². The molecule has 1 fully saturated rings. The lowest BCUT2D eigenvalue weighted by Crippen LogP contribution is -2.29. The number of aliphatic hydroxyl groups is 1.